The van der Waals surface area contributed by atoms with E-state index in [1.54, 1.807) is 18.2 Å². The van der Waals surface area contributed by atoms with Gasteiger partial charge in [0.15, 0.2) is 5.78 Å². The molecule has 72 valence electrons. The molecular weight excluding hydrogens is 265 g/mol. The molecule has 14 heavy (non-hydrogen) atoms. The molecule has 2 nitrogen and oxygen atoms in total. The summed E-state index contributed by atoms with van der Waals surface area (Å²) < 4.78 is 0.855. The molecule has 0 aliphatic carbocycles. The minimum atomic E-state index is -0.0822. The van der Waals surface area contributed by atoms with Crippen molar-refractivity contribution in [3.05, 3.63) is 33.8 Å². The fourth-order valence-electron chi connectivity index (χ4n) is 1.08. The van der Waals surface area contributed by atoms with Crippen LogP contribution in [0.25, 0.3) is 0 Å². The Morgan fingerprint density at radius 3 is 2.86 bits per heavy atom. The number of nitriles is 1. The second kappa shape index (κ2) is 5.14. The lowest BCUT2D eigenvalue weighted by Gasteiger charge is -2.02. The second-order valence-corrected chi connectivity index (χ2v) is 3.95. The number of carbonyl (C=O) groups is 1. The first-order chi connectivity index (χ1) is 6.67. The highest BCUT2D eigenvalue weighted by Crippen LogP contribution is 2.16. The van der Waals surface area contributed by atoms with Crippen molar-refractivity contribution in [2.24, 2.45) is 0 Å². The van der Waals surface area contributed by atoms with E-state index in [1.807, 2.05) is 6.07 Å². The highest BCUT2D eigenvalue weighted by atomic mass is 79.9. The van der Waals surface area contributed by atoms with Gasteiger partial charge in [0, 0.05) is 10.9 Å². The van der Waals surface area contributed by atoms with Crippen LogP contribution in [0.5, 0.6) is 0 Å². The molecule has 0 aliphatic rings. The van der Waals surface area contributed by atoms with Gasteiger partial charge in [0.25, 0.3) is 0 Å². The molecule has 0 radical (unpaired) electrons. The van der Waals surface area contributed by atoms with Gasteiger partial charge in [-0.05, 0) is 23.8 Å². The smallest absolute Gasteiger partial charge is 0.151 e. The summed E-state index contributed by atoms with van der Waals surface area (Å²) in [4.78, 5) is 11.1. The third kappa shape index (κ3) is 2.83. The molecule has 0 unspecified atom stereocenters. The molecule has 0 fully saturated rings. The van der Waals surface area contributed by atoms with Gasteiger partial charge in [-0.1, -0.05) is 15.9 Å². The van der Waals surface area contributed by atoms with E-state index in [0.29, 0.717) is 11.1 Å². The normalized spacial score (nSPS) is 9.50. The van der Waals surface area contributed by atoms with Crippen LogP contribution >= 0.6 is 27.5 Å². The largest absolute Gasteiger partial charge is 0.298 e. The minimum Gasteiger partial charge on any atom is -0.298 e. The summed E-state index contributed by atoms with van der Waals surface area (Å²) in [7, 11) is 0. The summed E-state index contributed by atoms with van der Waals surface area (Å²) >= 11 is 8.68. The summed E-state index contributed by atoms with van der Waals surface area (Å²) in [5.74, 6) is -0.0986. The fraction of sp³-hybridized carbons (Fsp3) is 0.200. The van der Waals surface area contributed by atoms with Crippen LogP contribution < -0.4 is 0 Å². The molecule has 0 atom stereocenters. The molecular formula is C10H7BrClNO. The first-order valence-corrected chi connectivity index (χ1v) is 5.26. The number of nitrogens with zero attached hydrogens (tertiary/aromatic N) is 1. The van der Waals surface area contributed by atoms with Gasteiger partial charge in [0.2, 0.25) is 0 Å². The van der Waals surface area contributed by atoms with E-state index in [4.69, 9.17) is 16.9 Å². The summed E-state index contributed by atoms with van der Waals surface area (Å²) in [6.45, 7) is 0. The van der Waals surface area contributed by atoms with Crippen molar-refractivity contribution in [3.63, 3.8) is 0 Å². The minimum absolute atomic E-state index is 0.0165. The molecule has 1 aromatic rings. The van der Waals surface area contributed by atoms with Crippen molar-refractivity contribution in [3.8, 4) is 6.07 Å². The van der Waals surface area contributed by atoms with E-state index in [2.05, 4.69) is 15.9 Å². The average molecular weight is 273 g/mol. The number of carbonyl (C=O) groups excluding carboxylic acids is 1. The number of hydrogen-bond acceptors (Lipinski definition) is 2. The fourth-order valence-corrected chi connectivity index (χ4v) is 1.58. The van der Waals surface area contributed by atoms with Gasteiger partial charge < -0.3 is 0 Å². The molecule has 0 aliphatic heterocycles. The predicted molar refractivity (Wildman–Crippen MR) is 58.3 cm³/mol. The maximum Gasteiger partial charge on any atom is 0.151 e. The third-order valence-electron chi connectivity index (χ3n) is 1.72. The Bertz CT molecular complexity index is 398. The summed E-state index contributed by atoms with van der Waals surface area (Å²) in [5.41, 5.74) is 1.24. The van der Waals surface area contributed by atoms with Crippen LogP contribution in [0.2, 0.25) is 0 Å². The molecule has 1 aromatic carbocycles. The Morgan fingerprint density at radius 1 is 1.57 bits per heavy atom. The van der Waals surface area contributed by atoms with E-state index < -0.39 is 0 Å². The summed E-state index contributed by atoms with van der Waals surface area (Å²) in [6.07, 6.45) is 0.214. The van der Waals surface area contributed by atoms with Gasteiger partial charge in [0.1, 0.15) is 0 Å². The Balaban J connectivity index is 3.00. The zero-order valence-electron chi connectivity index (χ0n) is 7.26. The number of benzene rings is 1. The Kier molecular flexibility index (Phi) is 4.12. The Labute approximate surface area is 95.6 Å². The monoisotopic (exact) mass is 271 g/mol. The predicted octanol–water partition coefficient (Wildman–Crippen LogP) is 2.67. The lowest BCUT2D eigenvalue weighted by atomic mass is 10.0. The standard InChI is InChI=1S/C10H7BrClNO/c11-9-2-1-7(6-13)8(3-9)4-10(14)5-12/h1-3H,4-5H2. The number of rotatable bonds is 3. The highest BCUT2D eigenvalue weighted by molar-refractivity contribution is 9.10. The molecule has 0 aromatic heterocycles. The quantitative estimate of drug-likeness (QED) is 0.794. The van der Waals surface area contributed by atoms with Crippen molar-refractivity contribution in [1.82, 2.24) is 0 Å². The number of halogens is 2. The van der Waals surface area contributed by atoms with Crippen LogP contribution in [-0.2, 0) is 11.2 Å². The van der Waals surface area contributed by atoms with Crippen molar-refractivity contribution in [2.45, 2.75) is 6.42 Å². The maximum atomic E-state index is 11.1. The van der Waals surface area contributed by atoms with Crippen molar-refractivity contribution >= 4 is 33.3 Å². The summed E-state index contributed by atoms with van der Waals surface area (Å²) in [6, 6.07) is 7.26. The van der Waals surface area contributed by atoms with E-state index in [9.17, 15) is 4.79 Å². The second-order valence-electron chi connectivity index (χ2n) is 2.76. The molecule has 0 saturated carbocycles. The van der Waals surface area contributed by atoms with E-state index in [-0.39, 0.29) is 18.1 Å². The zero-order valence-corrected chi connectivity index (χ0v) is 9.60. The van der Waals surface area contributed by atoms with Crippen LogP contribution in [-0.4, -0.2) is 11.7 Å². The van der Waals surface area contributed by atoms with Crippen LogP contribution in [0.1, 0.15) is 11.1 Å². The van der Waals surface area contributed by atoms with E-state index in [0.717, 1.165) is 4.47 Å². The molecule has 0 saturated heterocycles. The van der Waals surface area contributed by atoms with Crippen molar-refractivity contribution < 1.29 is 4.79 Å². The molecule has 0 amide bonds. The van der Waals surface area contributed by atoms with Crippen LogP contribution in [0, 0.1) is 11.3 Å². The van der Waals surface area contributed by atoms with Gasteiger partial charge in [-0.3, -0.25) is 4.79 Å². The molecule has 0 spiro atoms. The lowest BCUT2D eigenvalue weighted by molar-refractivity contribution is -0.116. The average Bonchev–Trinajstić information content (AvgIpc) is 2.18. The Hall–Kier alpha value is -0.850. The maximum absolute atomic E-state index is 11.1. The molecule has 0 N–H and O–H groups in total. The topological polar surface area (TPSA) is 40.9 Å². The van der Waals surface area contributed by atoms with Crippen LogP contribution in [0.3, 0.4) is 0 Å². The van der Waals surface area contributed by atoms with Gasteiger partial charge >= 0.3 is 0 Å². The van der Waals surface area contributed by atoms with Gasteiger partial charge in [-0.2, -0.15) is 5.26 Å². The summed E-state index contributed by atoms with van der Waals surface area (Å²) in [5, 5.41) is 8.79. The SMILES string of the molecule is N#Cc1ccc(Br)cc1CC(=O)CCl. The van der Waals surface area contributed by atoms with Crippen LogP contribution in [0.4, 0.5) is 0 Å². The number of Topliss-reactive ketones (excluding diaryl/α,β-unsaturated/α-hetero) is 1. The molecule has 0 heterocycles. The van der Waals surface area contributed by atoms with Crippen molar-refractivity contribution in [2.75, 3.05) is 5.88 Å². The zero-order chi connectivity index (χ0) is 10.6. The van der Waals surface area contributed by atoms with E-state index >= 15 is 0 Å². The first-order valence-electron chi connectivity index (χ1n) is 3.93. The Morgan fingerprint density at radius 2 is 2.29 bits per heavy atom. The van der Waals surface area contributed by atoms with Gasteiger partial charge in [-0.15, -0.1) is 11.6 Å². The van der Waals surface area contributed by atoms with E-state index in [1.165, 1.54) is 0 Å². The lowest BCUT2D eigenvalue weighted by Crippen LogP contribution is -2.05. The molecule has 0 bridgehead atoms. The van der Waals surface area contributed by atoms with Crippen molar-refractivity contribution in [1.29, 1.82) is 5.26 Å². The number of alkyl halides is 1. The molecule has 1 rings (SSSR count). The third-order valence-corrected chi connectivity index (χ3v) is 2.52. The van der Waals surface area contributed by atoms with Gasteiger partial charge in [-0.25, -0.2) is 0 Å². The number of ketones is 1. The highest BCUT2D eigenvalue weighted by Gasteiger charge is 2.07. The van der Waals surface area contributed by atoms with Crippen LogP contribution in [0.15, 0.2) is 22.7 Å². The first kappa shape index (κ1) is 11.2. The van der Waals surface area contributed by atoms with Gasteiger partial charge in [0.05, 0.1) is 17.5 Å². The number of hydrogen-bond donors (Lipinski definition) is 0. The molecule has 4 heteroatoms.